The van der Waals surface area contributed by atoms with Crippen molar-refractivity contribution in [2.45, 2.75) is 38.6 Å². The second kappa shape index (κ2) is 6.61. The lowest BCUT2D eigenvalue weighted by Gasteiger charge is -2.39. The fourth-order valence-corrected chi connectivity index (χ4v) is 3.97. The second-order valence-electron chi connectivity index (χ2n) is 6.79. The minimum absolute atomic E-state index is 0.201. The predicted octanol–water partition coefficient (Wildman–Crippen LogP) is 1.61. The first-order chi connectivity index (χ1) is 10.2. The van der Waals surface area contributed by atoms with Crippen LogP contribution in [-0.4, -0.2) is 43.0 Å². The van der Waals surface area contributed by atoms with Crippen molar-refractivity contribution in [3.05, 3.63) is 35.9 Å². The average molecular weight is 287 g/mol. The van der Waals surface area contributed by atoms with Gasteiger partial charge >= 0.3 is 0 Å². The second-order valence-corrected chi connectivity index (χ2v) is 6.79. The summed E-state index contributed by atoms with van der Waals surface area (Å²) < 4.78 is 0. The van der Waals surface area contributed by atoms with Crippen molar-refractivity contribution in [3.63, 3.8) is 0 Å². The smallest absolute Gasteiger partial charge is 0.254 e. The standard InChI is InChI=1S/C18H26N2O/c1-15-6-5-9-17(14-15)19-10-12-20(13-11-19)18(21)16-7-3-2-4-8-16/h2-4,7-8,15,17H,5-6,9-14H2,1H3/p+1/t15-,17+/m1/s1. The Morgan fingerprint density at radius 1 is 1.14 bits per heavy atom. The van der Waals surface area contributed by atoms with E-state index in [9.17, 15) is 4.79 Å². The molecule has 114 valence electrons. The molecule has 3 nitrogen and oxygen atoms in total. The van der Waals surface area contributed by atoms with Crippen LogP contribution < -0.4 is 4.90 Å². The maximum Gasteiger partial charge on any atom is 0.254 e. The van der Waals surface area contributed by atoms with Gasteiger partial charge in [-0.15, -0.1) is 0 Å². The van der Waals surface area contributed by atoms with Gasteiger partial charge in [0, 0.05) is 12.0 Å². The Balaban J connectivity index is 1.54. The minimum Gasteiger partial charge on any atom is -0.330 e. The summed E-state index contributed by atoms with van der Waals surface area (Å²) in [7, 11) is 0. The van der Waals surface area contributed by atoms with Gasteiger partial charge in [0.1, 0.15) is 0 Å². The molecule has 0 aromatic heterocycles. The quantitative estimate of drug-likeness (QED) is 0.878. The number of rotatable bonds is 2. The molecule has 0 spiro atoms. The van der Waals surface area contributed by atoms with Crippen molar-refractivity contribution in [2.75, 3.05) is 26.2 Å². The van der Waals surface area contributed by atoms with Crippen LogP contribution in [0, 0.1) is 5.92 Å². The molecule has 21 heavy (non-hydrogen) atoms. The van der Waals surface area contributed by atoms with Crippen molar-refractivity contribution in [1.82, 2.24) is 4.90 Å². The number of carbonyl (C=O) groups excluding carboxylic acids is 1. The lowest BCUT2D eigenvalue weighted by atomic mass is 9.86. The van der Waals surface area contributed by atoms with E-state index in [1.165, 1.54) is 25.7 Å². The van der Waals surface area contributed by atoms with Crippen LogP contribution >= 0.6 is 0 Å². The first-order valence-corrected chi connectivity index (χ1v) is 8.43. The molecule has 2 atom stereocenters. The largest absolute Gasteiger partial charge is 0.330 e. The zero-order chi connectivity index (χ0) is 14.7. The molecular weight excluding hydrogens is 260 g/mol. The molecule has 2 aliphatic rings. The third-order valence-electron chi connectivity index (χ3n) is 5.23. The first-order valence-electron chi connectivity index (χ1n) is 8.43. The third-order valence-corrected chi connectivity index (χ3v) is 5.23. The lowest BCUT2D eigenvalue weighted by molar-refractivity contribution is -0.930. The number of carbonyl (C=O) groups is 1. The molecule has 0 unspecified atom stereocenters. The molecule has 1 aromatic carbocycles. The molecular formula is C18H27N2O+. The molecule has 1 aliphatic heterocycles. The summed E-state index contributed by atoms with van der Waals surface area (Å²) in [5.74, 6) is 1.09. The number of quaternary nitrogens is 1. The van der Waals surface area contributed by atoms with Gasteiger partial charge in [0.2, 0.25) is 0 Å². The zero-order valence-electron chi connectivity index (χ0n) is 13.1. The third kappa shape index (κ3) is 3.46. The molecule has 1 N–H and O–H groups in total. The number of nitrogens with zero attached hydrogens (tertiary/aromatic N) is 1. The van der Waals surface area contributed by atoms with Crippen LogP contribution in [0.25, 0.3) is 0 Å². The van der Waals surface area contributed by atoms with Crippen LogP contribution in [0.3, 0.4) is 0 Å². The fraction of sp³-hybridized carbons (Fsp3) is 0.611. The van der Waals surface area contributed by atoms with Crippen LogP contribution in [0.4, 0.5) is 0 Å². The van der Waals surface area contributed by atoms with E-state index in [1.807, 2.05) is 35.2 Å². The molecule has 2 fully saturated rings. The van der Waals surface area contributed by atoms with Crippen molar-refractivity contribution in [2.24, 2.45) is 5.92 Å². The van der Waals surface area contributed by atoms with Crippen LogP contribution in [-0.2, 0) is 0 Å². The normalized spacial score (nSPS) is 27.6. The summed E-state index contributed by atoms with van der Waals surface area (Å²) in [6, 6.07) is 10.5. The zero-order valence-corrected chi connectivity index (χ0v) is 13.1. The Morgan fingerprint density at radius 2 is 1.86 bits per heavy atom. The average Bonchev–Trinajstić information content (AvgIpc) is 2.55. The number of amides is 1. The lowest BCUT2D eigenvalue weighted by Crippen LogP contribution is -3.18. The fourth-order valence-electron chi connectivity index (χ4n) is 3.97. The summed E-state index contributed by atoms with van der Waals surface area (Å²) in [6.45, 7) is 6.45. The summed E-state index contributed by atoms with van der Waals surface area (Å²) >= 11 is 0. The Kier molecular flexibility index (Phi) is 4.59. The maximum absolute atomic E-state index is 12.5. The van der Waals surface area contributed by atoms with Crippen LogP contribution in [0.5, 0.6) is 0 Å². The topological polar surface area (TPSA) is 24.8 Å². The molecule has 1 saturated carbocycles. The van der Waals surface area contributed by atoms with E-state index in [-0.39, 0.29) is 5.91 Å². The van der Waals surface area contributed by atoms with Gasteiger partial charge in [-0.25, -0.2) is 0 Å². The van der Waals surface area contributed by atoms with Gasteiger partial charge in [-0.05, 0) is 30.9 Å². The van der Waals surface area contributed by atoms with Gasteiger partial charge in [-0.2, -0.15) is 0 Å². The van der Waals surface area contributed by atoms with E-state index in [0.29, 0.717) is 0 Å². The number of piperazine rings is 1. The maximum atomic E-state index is 12.5. The highest BCUT2D eigenvalue weighted by molar-refractivity contribution is 5.94. The highest BCUT2D eigenvalue weighted by atomic mass is 16.2. The Hall–Kier alpha value is -1.35. The van der Waals surface area contributed by atoms with Gasteiger partial charge in [-0.1, -0.05) is 31.5 Å². The van der Waals surface area contributed by atoms with Crippen LogP contribution in [0.15, 0.2) is 30.3 Å². The molecule has 3 rings (SSSR count). The van der Waals surface area contributed by atoms with Crippen molar-refractivity contribution in [3.8, 4) is 0 Å². The van der Waals surface area contributed by atoms with Crippen molar-refractivity contribution >= 4 is 5.91 Å². The first kappa shape index (κ1) is 14.6. The number of hydrogen-bond acceptors (Lipinski definition) is 1. The van der Waals surface area contributed by atoms with Gasteiger partial charge < -0.3 is 9.80 Å². The van der Waals surface area contributed by atoms with E-state index in [0.717, 1.165) is 43.7 Å². The molecule has 1 heterocycles. The summed E-state index contributed by atoms with van der Waals surface area (Å²) in [5.41, 5.74) is 0.826. The van der Waals surface area contributed by atoms with E-state index in [4.69, 9.17) is 0 Å². The van der Waals surface area contributed by atoms with Gasteiger partial charge in [0.15, 0.2) is 0 Å². The van der Waals surface area contributed by atoms with E-state index < -0.39 is 0 Å². The Labute approximate surface area is 127 Å². The molecule has 3 heteroatoms. The molecule has 0 bridgehead atoms. The number of nitrogens with one attached hydrogen (secondary N) is 1. The van der Waals surface area contributed by atoms with Crippen molar-refractivity contribution in [1.29, 1.82) is 0 Å². The Bertz CT molecular complexity index is 465. The highest BCUT2D eigenvalue weighted by Gasteiger charge is 2.32. The molecule has 0 radical (unpaired) electrons. The number of hydrogen-bond donors (Lipinski definition) is 1. The predicted molar refractivity (Wildman–Crippen MR) is 84.5 cm³/mol. The highest BCUT2D eigenvalue weighted by Crippen LogP contribution is 2.22. The van der Waals surface area contributed by atoms with E-state index in [2.05, 4.69) is 6.92 Å². The summed E-state index contributed by atoms with van der Waals surface area (Å²) in [6.07, 6.45) is 5.55. The minimum atomic E-state index is 0.201. The van der Waals surface area contributed by atoms with Gasteiger partial charge in [0.25, 0.3) is 5.91 Å². The SMILES string of the molecule is C[C@@H]1CCC[C@H]([NH+]2CCN(C(=O)c3ccccc3)CC2)C1. The molecule has 1 saturated heterocycles. The number of benzene rings is 1. The summed E-state index contributed by atoms with van der Waals surface area (Å²) in [5, 5.41) is 0. The molecule has 1 aliphatic carbocycles. The van der Waals surface area contributed by atoms with E-state index >= 15 is 0 Å². The van der Waals surface area contributed by atoms with E-state index in [1.54, 1.807) is 4.90 Å². The Morgan fingerprint density at radius 3 is 2.52 bits per heavy atom. The van der Waals surface area contributed by atoms with Crippen LogP contribution in [0.2, 0.25) is 0 Å². The van der Waals surface area contributed by atoms with Crippen LogP contribution in [0.1, 0.15) is 43.0 Å². The van der Waals surface area contributed by atoms with Crippen molar-refractivity contribution < 1.29 is 9.69 Å². The van der Waals surface area contributed by atoms with Gasteiger partial charge in [0.05, 0.1) is 32.2 Å². The molecule has 1 amide bonds. The molecule has 1 aromatic rings. The van der Waals surface area contributed by atoms with Gasteiger partial charge in [-0.3, -0.25) is 4.79 Å². The summed E-state index contributed by atoms with van der Waals surface area (Å²) in [4.78, 5) is 16.2. The monoisotopic (exact) mass is 287 g/mol.